The van der Waals surface area contributed by atoms with Gasteiger partial charge in [-0.15, -0.1) is 46.2 Å². The summed E-state index contributed by atoms with van der Waals surface area (Å²) in [6.45, 7) is 13.6. The van der Waals surface area contributed by atoms with Crippen LogP contribution in [0.1, 0.15) is 70.2 Å². The first-order valence-electron chi connectivity index (χ1n) is 16.9. The van der Waals surface area contributed by atoms with Crippen molar-refractivity contribution in [1.82, 2.24) is 0 Å². The summed E-state index contributed by atoms with van der Waals surface area (Å²) in [5, 5.41) is 10.7. The zero-order chi connectivity index (χ0) is 33.9. The predicted molar refractivity (Wildman–Crippen MR) is 207 cm³/mol. The molecule has 50 heavy (non-hydrogen) atoms. The Morgan fingerprint density at radius 2 is 1.00 bits per heavy atom. The topological polar surface area (TPSA) is 0 Å². The number of fused-ring (bicyclic) bond motifs is 5. The van der Waals surface area contributed by atoms with Gasteiger partial charge >= 0.3 is 145 Å². The van der Waals surface area contributed by atoms with Gasteiger partial charge in [0, 0.05) is 0 Å². The first-order valence-corrected chi connectivity index (χ1v) is 18.7. The van der Waals surface area contributed by atoms with Crippen LogP contribution in [0, 0.1) is 6.08 Å². The van der Waals surface area contributed by atoms with Crippen molar-refractivity contribution in [3.05, 3.63) is 174 Å². The van der Waals surface area contributed by atoms with Gasteiger partial charge in [0.25, 0.3) is 0 Å². The van der Waals surface area contributed by atoms with Crippen molar-refractivity contribution in [3.8, 4) is 0 Å². The first-order chi connectivity index (χ1) is 23.0. The molecule has 0 amide bonds. The monoisotopic (exact) mass is 858 g/mol. The van der Waals surface area contributed by atoms with Gasteiger partial charge in [-0.3, -0.25) is 6.08 Å². The summed E-state index contributed by atoms with van der Waals surface area (Å²) >= 11 is 1.03. The third-order valence-electron chi connectivity index (χ3n) is 9.10. The molecule has 252 valence electrons. The molecular formula is C47H44Cl2Hf-2. The third kappa shape index (κ3) is 9.24. The molecule has 0 N–H and O–H groups in total. The molecule has 0 saturated heterocycles. The van der Waals surface area contributed by atoms with Crippen molar-refractivity contribution >= 4 is 46.3 Å². The Hall–Kier alpha value is -3.49. The van der Waals surface area contributed by atoms with Crippen LogP contribution in [0.4, 0.5) is 0 Å². The summed E-state index contributed by atoms with van der Waals surface area (Å²) in [5.41, 5.74) is 5.91. The van der Waals surface area contributed by atoms with Crippen LogP contribution in [-0.2, 0) is 34.7 Å². The fourth-order valence-corrected chi connectivity index (χ4v) is 7.27. The Kier molecular flexibility index (Phi) is 13.1. The molecule has 0 fully saturated rings. The maximum absolute atomic E-state index is 2.99. The van der Waals surface area contributed by atoms with Crippen molar-refractivity contribution in [2.24, 2.45) is 0 Å². The molecule has 0 heterocycles. The summed E-state index contributed by atoms with van der Waals surface area (Å²) in [4.78, 5) is 0. The molecule has 7 aromatic rings. The fraction of sp³-hybridized carbons (Fsp3) is 0.191. The van der Waals surface area contributed by atoms with Crippen LogP contribution in [0.15, 0.2) is 146 Å². The predicted octanol–water partition coefficient (Wildman–Crippen LogP) is 6.73. The van der Waals surface area contributed by atoms with E-state index in [0.717, 1.165) is 30.3 Å². The first kappa shape index (κ1) is 39.3. The van der Waals surface area contributed by atoms with E-state index >= 15 is 0 Å². The molecule has 0 aliphatic heterocycles. The van der Waals surface area contributed by atoms with Gasteiger partial charge in [-0.2, -0.15) is 6.08 Å². The van der Waals surface area contributed by atoms with Gasteiger partial charge in [0.15, 0.2) is 0 Å². The van der Waals surface area contributed by atoms with Crippen LogP contribution in [0.25, 0.3) is 43.1 Å². The van der Waals surface area contributed by atoms with Gasteiger partial charge in [-0.25, -0.2) is 12.2 Å². The Bertz CT molecular complexity index is 2150. The molecule has 0 bridgehead atoms. The van der Waals surface area contributed by atoms with E-state index in [0.29, 0.717) is 0 Å². The van der Waals surface area contributed by atoms with Gasteiger partial charge in [0.1, 0.15) is 0 Å². The summed E-state index contributed by atoms with van der Waals surface area (Å²) in [5.74, 6) is 0. The second-order valence-corrected chi connectivity index (χ2v) is 16.5. The van der Waals surface area contributed by atoms with E-state index in [2.05, 4.69) is 181 Å². The molecule has 1 aliphatic carbocycles. The third-order valence-corrected chi connectivity index (χ3v) is 11.2. The molecule has 1 aliphatic rings. The summed E-state index contributed by atoms with van der Waals surface area (Å²) < 4.78 is 1.46. The number of hydrogen-bond acceptors (Lipinski definition) is 0. The summed E-state index contributed by atoms with van der Waals surface area (Å²) in [7, 11) is 0. The fourth-order valence-electron chi connectivity index (χ4n) is 6.15. The number of rotatable bonds is 2. The minimum absolute atomic E-state index is 0. The molecule has 0 aromatic heterocycles. The Balaban J connectivity index is 0.000000190. The van der Waals surface area contributed by atoms with E-state index in [1.807, 2.05) is 12.2 Å². The van der Waals surface area contributed by atoms with E-state index in [-0.39, 0.29) is 35.6 Å². The van der Waals surface area contributed by atoms with Gasteiger partial charge in [-0.05, 0) is 10.8 Å². The molecule has 8 rings (SSSR count). The van der Waals surface area contributed by atoms with Crippen LogP contribution in [0.5, 0.6) is 0 Å². The van der Waals surface area contributed by atoms with Gasteiger partial charge in [0.2, 0.25) is 0 Å². The maximum atomic E-state index is 2.99. The molecule has 0 unspecified atom stereocenters. The van der Waals surface area contributed by atoms with Crippen LogP contribution in [0.2, 0.25) is 0 Å². The normalized spacial score (nSPS) is 12.2. The molecule has 7 aromatic carbocycles. The summed E-state index contributed by atoms with van der Waals surface area (Å²) in [6.07, 6.45) is 10.0. The van der Waals surface area contributed by atoms with Crippen molar-refractivity contribution in [1.29, 1.82) is 0 Å². The van der Waals surface area contributed by atoms with Crippen LogP contribution < -0.4 is 24.8 Å². The Morgan fingerprint density at radius 1 is 0.560 bits per heavy atom. The van der Waals surface area contributed by atoms with E-state index in [4.69, 9.17) is 0 Å². The second-order valence-electron chi connectivity index (χ2n) is 14.8. The van der Waals surface area contributed by atoms with E-state index in [1.54, 1.807) is 0 Å². The number of hydrogen-bond donors (Lipinski definition) is 0. The quantitative estimate of drug-likeness (QED) is 0.134. The van der Waals surface area contributed by atoms with Crippen LogP contribution in [0.3, 0.4) is 0 Å². The standard InChI is InChI=1S/C21H14.C21H25.C5H5.2ClH.Hf/c1-3-7-20-14-16(9-11-18(20)5-1)13-17-10-12-19-6-2-4-8-21(19)15-17;1-20(2,3)16-7-9-18-14(12-16)11-15-13-17(21(4,5)6)8-10-19(15)18;1-2-4-5-3-1;;;/h1-12,14-15H;7-13H,1-6H3;1-3H,4H2;2*1H;/q;2*-1;;;+2/p-2. The average Bonchev–Trinajstić information content (AvgIpc) is 3.79. The Labute approximate surface area is 325 Å². The number of benzene rings is 6. The van der Waals surface area contributed by atoms with E-state index < -0.39 is 0 Å². The molecule has 0 saturated carbocycles. The van der Waals surface area contributed by atoms with Gasteiger partial charge < -0.3 is 24.8 Å². The number of halogens is 2. The molecular weight excluding hydrogens is 814 g/mol. The molecule has 0 atom stereocenters. The van der Waals surface area contributed by atoms with Crippen molar-refractivity contribution < 1.29 is 48.7 Å². The van der Waals surface area contributed by atoms with Crippen molar-refractivity contribution in [2.45, 2.75) is 58.8 Å². The molecule has 0 radical (unpaired) electrons. The second kappa shape index (κ2) is 16.7. The SMILES string of the molecule is CC(C)(C)c1ccc2c(c1)[cH-]c1cc(C(C)(C)C)ccc12.[C-]1=CC=CC1.[Cl-].[Cl-].[Hf+2]=[C](c1ccc2ccccc2c1)c1ccc2ccccc2c1. The zero-order valence-electron chi connectivity index (χ0n) is 29.8. The van der Waals surface area contributed by atoms with E-state index in [9.17, 15) is 0 Å². The van der Waals surface area contributed by atoms with Gasteiger partial charge in [0.05, 0.1) is 0 Å². The van der Waals surface area contributed by atoms with Crippen molar-refractivity contribution in [2.75, 3.05) is 0 Å². The van der Waals surface area contributed by atoms with E-state index in [1.165, 1.54) is 68.6 Å². The van der Waals surface area contributed by atoms with Crippen LogP contribution in [-0.4, -0.2) is 3.26 Å². The van der Waals surface area contributed by atoms with Gasteiger partial charge in [-0.1, -0.05) is 76.9 Å². The molecule has 3 heteroatoms. The average molecular weight is 858 g/mol. The van der Waals surface area contributed by atoms with Crippen molar-refractivity contribution in [3.63, 3.8) is 0 Å². The Morgan fingerprint density at radius 3 is 1.36 bits per heavy atom. The molecule has 0 spiro atoms. The number of allylic oxidation sites excluding steroid dienone is 4. The van der Waals surface area contributed by atoms with Crippen LogP contribution >= 0.6 is 0 Å². The zero-order valence-corrected chi connectivity index (χ0v) is 34.9. The minimum atomic E-state index is 0. The molecule has 0 nitrogen and oxygen atoms in total. The summed E-state index contributed by atoms with van der Waals surface area (Å²) in [6, 6.07) is 46.9.